The van der Waals surface area contributed by atoms with Crippen LogP contribution in [0.15, 0.2) is 12.1 Å². The average molecular weight is 280 g/mol. The predicted octanol–water partition coefficient (Wildman–Crippen LogP) is 1.17. The fourth-order valence-corrected chi connectivity index (χ4v) is 2.15. The summed E-state index contributed by atoms with van der Waals surface area (Å²) in [5.74, 6) is 5.99. The number of aromatic nitrogens is 1. The lowest BCUT2D eigenvalue weighted by Crippen LogP contribution is -2.31. The zero-order chi connectivity index (χ0) is 14.5. The van der Waals surface area contributed by atoms with E-state index in [-0.39, 0.29) is 11.5 Å². The molecule has 1 aromatic heterocycles. The van der Waals surface area contributed by atoms with Gasteiger partial charge in [0.2, 0.25) is 0 Å². The SMILES string of the molecule is CCN(CCNc1cc([N+](=O)[O-])cc(NN)n1)C1CC1. The maximum atomic E-state index is 10.8. The number of nitrogen functional groups attached to an aromatic ring is 1. The van der Waals surface area contributed by atoms with E-state index in [0.717, 1.165) is 13.1 Å². The molecule has 1 aliphatic rings. The lowest BCUT2D eigenvalue weighted by molar-refractivity contribution is -0.384. The molecule has 110 valence electrons. The molecule has 1 fully saturated rings. The first-order valence-corrected chi connectivity index (χ1v) is 6.75. The molecule has 1 saturated carbocycles. The highest BCUT2D eigenvalue weighted by molar-refractivity contribution is 5.54. The van der Waals surface area contributed by atoms with Crippen molar-refractivity contribution in [1.29, 1.82) is 0 Å². The Morgan fingerprint density at radius 3 is 2.75 bits per heavy atom. The Labute approximate surface area is 117 Å². The first-order valence-electron chi connectivity index (χ1n) is 6.75. The number of anilines is 2. The average Bonchev–Trinajstić information content (AvgIpc) is 3.27. The van der Waals surface area contributed by atoms with Crippen LogP contribution in [0.4, 0.5) is 17.3 Å². The van der Waals surface area contributed by atoms with Gasteiger partial charge in [-0.2, -0.15) is 0 Å². The number of likely N-dealkylation sites (N-methyl/N-ethyl adjacent to an activating group) is 1. The van der Waals surface area contributed by atoms with Crippen molar-refractivity contribution in [2.45, 2.75) is 25.8 Å². The van der Waals surface area contributed by atoms with Crippen LogP contribution < -0.4 is 16.6 Å². The van der Waals surface area contributed by atoms with Gasteiger partial charge in [0.25, 0.3) is 5.69 Å². The second-order valence-corrected chi connectivity index (χ2v) is 4.78. The Bertz CT molecular complexity index is 477. The molecule has 0 atom stereocenters. The molecule has 1 aliphatic carbocycles. The van der Waals surface area contributed by atoms with E-state index in [2.05, 4.69) is 27.6 Å². The molecule has 2 rings (SSSR count). The van der Waals surface area contributed by atoms with Crippen LogP contribution in [-0.2, 0) is 0 Å². The Kier molecular flexibility index (Phi) is 4.70. The third kappa shape index (κ3) is 3.78. The molecule has 4 N–H and O–H groups in total. The molecule has 8 heteroatoms. The molecular formula is C12H20N6O2. The number of rotatable bonds is 8. The topological polar surface area (TPSA) is 109 Å². The van der Waals surface area contributed by atoms with Crippen LogP contribution in [0.2, 0.25) is 0 Å². The van der Waals surface area contributed by atoms with E-state index in [0.29, 0.717) is 18.4 Å². The molecule has 20 heavy (non-hydrogen) atoms. The van der Waals surface area contributed by atoms with Gasteiger partial charge in [-0.15, -0.1) is 0 Å². The highest BCUT2D eigenvalue weighted by Crippen LogP contribution is 2.26. The monoisotopic (exact) mass is 280 g/mol. The number of nitrogens with zero attached hydrogens (tertiary/aromatic N) is 3. The van der Waals surface area contributed by atoms with Crippen molar-refractivity contribution >= 4 is 17.3 Å². The summed E-state index contributed by atoms with van der Waals surface area (Å²) in [7, 11) is 0. The van der Waals surface area contributed by atoms with Gasteiger partial charge in [0, 0.05) is 19.1 Å². The zero-order valence-corrected chi connectivity index (χ0v) is 11.5. The normalized spacial score (nSPS) is 14.3. The smallest absolute Gasteiger partial charge is 0.276 e. The van der Waals surface area contributed by atoms with Gasteiger partial charge in [-0.25, -0.2) is 10.8 Å². The van der Waals surface area contributed by atoms with Crippen molar-refractivity contribution in [3.8, 4) is 0 Å². The minimum atomic E-state index is -0.462. The van der Waals surface area contributed by atoms with Gasteiger partial charge in [0.1, 0.15) is 11.6 Å². The summed E-state index contributed by atoms with van der Waals surface area (Å²) in [6.45, 7) is 4.75. The number of nitrogens with two attached hydrogens (primary N) is 1. The third-order valence-electron chi connectivity index (χ3n) is 3.34. The highest BCUT2D eigenvalue weighted by Gasteiger charge is 2.27. The minimum Gasteiger partial charge on any atom is -0.369 e. The van der Waals surface area contributed by atoms with Crippen LogP contribution in [0.5, 0.6) is 0 Å². The number of nitrogens with one attached hydrogen (secondary N) is 2. The molecule has 8 nitrogen and oxygen atoms in total. The van der Waals surface area contributed by atoms with E-state index in [9.17, 15) is 10.1 Å². The highest BCUT2D eigenvalue weighted by atomic mass is 16.6. The Morgan fingerprint density at radius 1 is 1.50 bits per heavy atom. The maximum absolute atomic E-state index is 10.8. The van der Waals surface area contributed by atoms with Gasteiger partial charge in [0.15, 0.2) is 0 Å². The van der Waals surface area contributed by atoms with Gasteiger partial charge in [-0.05, 0) is 19.4 Å². The molecule has 0 bridgehead atoms. The number of hydrazine groups is 1. The van der Waals surface area contributed by atoms with Crippen molar-refractivity contribution in [2.24, 2.45) is 5.84 Å². The van der Waals surface area contributed by atoms with Gasteiger partial charge < -0.3 is 10.7 Å². The number of pyridine rings is 1. The number of hydrogen-bond donors (Lipinski definition) is 3. The maximum Gasteiger partial charge on any atom is 0.276 e. The molecule has 0 saturated heterocycles. The van der Waals surface area contributed by atoms with Crippen LogP contribution >= 0.6 is 0 Å². The van der Waals surface area contributed by atoms with Crippen LogP contribution in [0, 0.1) is 10.1 Å². The van der Waals surface area contributed by atoms with Crippen molar-refractivity contribution in [3.63, 3.8) is 0 Å². The zero-order valence-electron chi connectivity index (χ0n) is 11.5. The Morgan fingerprint density at radius 2 is 2.20 bits per heavy atom. The second kappa shape index (κ2) is 6.49. The molecule has 1 aromatic rings. The minimum absolute atomic E-state index is 0.0370. The Balaban J connectivity index is 1.94. The summed E-state index contributed by atoms with van der Waals surface area (Å²) in [4.78, 5) is 16.9. The van der Waals surface area contributed by atoms with Crippen LogP contribution in [0.3, 0.4) is 0 Å². The molecule has 0 spiro atoms. The van der Waals surface area contributed by atoms with Crippen LogP contribution in [0.1, 0.15) is 19.8 Å². The van der Waals surface area contributed by atoms with E-state index in [1.807, 2.05) is 0 Å². The summed E-state index contributed by atoms with van der Waals surface area (Å²) in [6.07, 6.45) is 2.54. The second-order valence-electron chi connectivity index (χ2n) is 4.78. The summed E-state index contributed by atoms with van der Waals surface area (Å²) < 4.78 is 0. The molecule has 0 aromatic carbocycles. The molecule has 0 unspecified atom stereocenters. The van der Waals surface area contributed by atoms with E-state index in [1.54, 1.807) is 0 Å². The Hall–Kier alpha value is -1.93. The lowest BCUT2D eigenvalue weighted by atomic mass is 10.3. The van der Waals surface area contributed by atoms with Crippen molar-refractivity contribution in [3.05, 3.63) is 22.2 Å². The summed E-state index contributed by atoms with van der Waals surface area (Å²) in [5, 5.41) is 13.9. The lowest BCUT2D eigenvalue weighted by Gasteiger charge is -2.19. The van der Waals surface area contributed by atoms with Gasteiger partial charge in [-0.1, -0.05) is 6.92 Å². The fraction of sp³-hybridized carbons (Fsp3) is 0.583. The van der Waals surface area contributed by atoms with Crippen molar-refractivity contribution in [1.82, 2.24) is 9.88 Å². The first-order chi connectivity index (χ1) is 9.63. The van der Waals surface area contributed by atoms with Gasteiger partial charge in [-0.3, -0.25) is 15.0 Å². The molecule has 0 amide bonds. The molecule has 0 aliphatic heterocycles. The van der Waals surface area contributed by atoms with E-state index in [4.69, 9.17) is 5.84 Å². The summed E-state index contributed by atoms with van der Waals surface area (Å²) in [6, 6.07) is 3.42. The van der Waals surface area contributed by atoms with E-state index >= 15 is 0 Å². The summed E-state index contributed by atoms with van der Waals surface area (Å²) in [5.41, 5.74) is 2.30. The van der Waals surface area contributed by atoms with Crippen molar-refractivity contribution < 1.29 is 4.92 Å². The quantitative estimate of drug-likeness (QED) is 0.372. The number of hydrogen-bond acceptors (Lipinski definition) is 7. The predicted molar refractivity (Wildman–Crippen MR) is 77.5 cm³/mol. The fourth-order valence-electron chi connectivity index (χ4n) is 2.15. The largest absolute Gasteiger partial charge is 0.369 e. The standard InChI is InChI=1S/C12H20N6O2/c1-2-17(9-3-4-9)6-5-14-11-7-10(18(19)20)8-12(15-11)16-13/h7-9H,2-6,13H2,1H3,(H2,14,15,16). The van der Waals surface area contributed by atoms with E-state index < -0.39 is 4.92 Å². The number of nitro groups is 1. The van der Waals surface area contributed by atoms with Crippen LogP contribution in [-0.4, -0.2) is 40.5 Å². The molecular weight excluding hydrogens is 260 g/mol. The molecule has 1 heterocycles. The van der Waals surface area contributed by atoms with Crippen molar-refractivity contribution in [2.75, 3.05) is 30.4 Å². The van der Waals surface area contributed by atoms with Gasteiger partial charge >= 0.3 is 0 Å². The summed E-state index contributed by atoms with van der Waals surface area (Å²) >= 11 is 0. The molecule has 0 radical (unpaired) electrons. The first kappa shape index (κ1) is 14.5. The van der Waals surface area contributed by atoms with E-state index in [1.165, 1.54) is 25.0 Å². The third-order valence-corrected chi connectivity index (χ3v) is 3.34. The van der Waals surface area contributed by atoms with Crippen LogP contribution in [0.25, 0.3) is 0 Å². The van der Waals surface area contributed by atoms with Gasteiger partial charge in [0.05, 0.1) is 17.1 Å².